The third-order valence-electron chi connectivity index (χ3n) is 11.0. The number of fused-ring (bicyclic) bond motifs is 1. The normalized spacial score (nSPS) is 16.1. The first-order valence-electron chi connectivity index (χ1n) is 22.4. The lowest BCUT2D eigenvalue weighted by atomic mass is 9.90. The number of piperazine rings is 1. The maximum absolute atomic E-state index is 13.6. The molecule has 5 rings (SSSR count). The van der Waals surface area contributed by atoms with Crippen molar-refractivity contribution in [1.82, 2.24) is 20.4 Å². The van der Waals surface area contributed by atoms with E-state index in [9.17, 15) is 19.2 Å². The van der Waals surface area contributed by atoms with Crippen LogP contribution in [0.5, 0.6) is 0 Å². The first-order chi connectivity index (χ1) is 30.7. The van der Waals surface area contributed by atoms with Crippen LogP contribution in [0.15, 0.2) is 139 Å². The Hall–Kier alpha value is -6.17. The van der Waals surface area contributed by atoms with Crippen LogP contribution in [0.1, 0.15) is 85.7 Å². The summed E-state index contributed by atoms with van der Waals surface area (Å²) in [7, 11) is 3.88. The lowest BCUT2D eigenvalue weighted by Gasteiger charge is -2.32. The van der Waals surface area contributed by atoms with E-state index in [1.165, 1.54) is 0 Å². The lowest BCUT2D eigenvalue weighted by Crippen LogP contribution is -2.48. The van der Waals surface area contributed by atoms with Gasteiger partial charge >= 0.3 is 0 Å². The van der Waals surface area contributed by atoms with Crippen LogP contribution in [0.25, 0.3) is 0 Å². The third-order valence-corrected chi connectivity index (χ3v) is 11.0. The quantitative estimate of drug-likeness (QED) is 0.0499. The summed E-state index contributed by atoms with van der Waals surface area (Å²) in [6.45, 7) is 6.74. The zero-order valence-electron chi connectivity index (χ0n) is 37.3. The van der Waals surface area contributed by atoms with Crippen LogP contribution in [-0.4, -0.2) is 99.0 Å². The third kappa shape index (κ3) is 15.9. The Balaban J connectivity index is 1.05. The second-order valence-corrected chi connectivity index (χ2v) is 15.8. The van der Waals surface area contributed by atoms with Gasteiger partial charge in [0.25, 0.3) is 5.91 Å². The molecule has 332 valence electrons. The van der Waals surface area contributed by atoms with Crippen molar-refractivity contribution in [3.63, 3.8) is 0 Å². The molecule has 1 unspecified atom stereocenters. The lowest BCUT2D eigenvalue weighted by molar-refractivity contribution is -0.121. The van der Waals surface area contributed by atoms with Gasteiger partial charge in [-0.2, -0.15) is 0 Å². The number of nitrogens with zero attached hydrogens (tertiary/aromatic N) is 4. The number of nitrogens with one attached hydrogen (secondary N) is 3. The molecule has 4 amide bonds. The molecular formula is C52H65N7O4. The summed E-state index contributed by atoms with van der Waals surface area (Å²) in [6, 6.07) is 22.2. The molecule has 2 heterocycles. The summed E-state index contributed by atoms with van der Waals surface area (Å²) in [5, 5.41) is 8.72. The molecule has 1 atom stereocenters. The fraction of sp³-hybridized carbons (Fsp3) is 0.365. The molecule has 0 radical (unpaired) electrons. The van der Waals surface area contributed by atoms with Gasteiger partial charge in [-0.15, -0.1) is 0 Å². The molecular weight excluding hydrogens is 787 g/mol. The molecule has 0 aliphatic carbocycles. The predicted octanol–water partition coefficient (Wildman–Crippen LogP) is 8.52. The molecule has 1 fully saturated rings. The highest BCUT2D eigenvalue weighted by Crippen LogP contribution is 2.37. The maximum Gasteiger partial charge on any atom is 0.251 e. The first kappa shape index (κ1) is 47.9. The van der Waals surface area contributed by atoms with E-state index in [0.29, 0.717) is 42.2 Å². The highest BCUT2D eigenvalue weighted by atomic mass is 16.2. The minimum absolute atomic E-state index is 0.0271. The van der Waals surface area contributed by atoms with Gasteiger partial charge in [-0.05, 0) is 99.5 Å². The number of aliphatic imine (C=N–C) groups is 1. The van der Waals surface area contributed by atoms with E-state index in [-0.39, 0.29) is 30.2 Å². The van der Waals surface area contributed by atoms with Crippen molar-refractivity contribution in [3.05, 3.63) is 150 Å². The Bertz CT molecular complexity index is 2130. The monoisotopic (exact) mass is 852 g/mol. The number of hydrogen-bond acceptors (Lipinski definition) is 7. The maximum atomic E-state index is 13.6. The molecule has 0 aromatic heterocycles. The first-order valence-corrected chi connectivity index (χ1v) is 22.4. The molecule has 1 saturated heterocycles. The van der Waals surface area contributed by atoms with E-state index in [4.69, 9.17) is 4.99 Å². The molecule has 3 aromatic carbocycles. The number of likely N-dealkylation sites (N-methyl/N-ethyl adjacent to an activating group) is 2. The largest absolute Gasteiger partial charge is 0.354 e. The van der Waals surface area contributed by atoms with Gasteiger partial charge in [0.1, 0.15) is 5.92 Å². The van der Waals surface area contributed by atoms with Crippen molar-refractivity contribution in [1.29, 1.82) is 0 Å². The van der Waals surface area contributed by atoms with Crippen molar-refractivity contribution < 1.29 is 19.2 Å². The number of benzene rings is 3. The average Bonchev–Trinajstić information content (AvgIpc) is 3.63. The number of carbonyl (C=O) groups is 4. The predicted molar refractivity (Wildman–Crippen MR) is 258 cm³/mol. The van der Waals surface area contributed by atoms with Crippen LogP contribution >= 0.6 is 0 Å². The van der Waals surface area contributed by atoms with E-state index in [1.54, 1.807) is 30.1 Å². The fourth-order valence-corrected chi connectivity index (χ4v) is 7.23. The fourth-order valence-electron chi connectivity index (χ4n) is 7.23. The van der Waals surface area contributed by atoms with E-state index >= 15 is 0 Å². The van der Waals surface area contributed by atoms with E-state index in [0.717, 1.165) is 87.9 Å². The van der Waals surface area contributed by atoms with Gasteiger partial charge in [-0.25, -0.2) is 0 Å². The second-order valence-electron chi connectivity index (χ2n) is 15.8. The second kappa shape index (κ2) is 26.3. The Morgan fingerprint density at radius 2 is 1.38 bits per heavy atom. The van der Waals surface area contributed by atoms with Crippen molar-refractivity contribution in [3.8, 4) is 0 Å². The summed E-state index contributed by atoms with van der Waals surface area (Å²) < 4.78 is 0. The molecule has 63 heavy (non-hydrogen) atoms. The Morgan fingerprint density at radius 1 is 0.762 bits per heavy atom. The van der Waals surface area contributed by atoms with Crippen molar-refractivity contribution >= 4 is 46.4 Å². The molecule has 2 aliphatic heterocycles. The SMILES string of the molecule is CCC=CCC=CCC=CCC=CCC=CCCCC(=O)NCCNC(=O)c1ccc2c(c1)NC(=O)C2C(=Nc1ccc(N(C)C(=O)CN2CCN(C)CC2)cc1)c1ccccc1. The molecule has 3 aromatic rings. The smallest absolute Gasteiger partial charge is 0.251 e. The highest BCUT2D eigenvalue weighted by molar-refractivity contribution is 6.24. The minimum atomic E-state index is -0.705. The van der Waals surface area contributed by atoms with Crippen LogP contribution in [0.3, 0.4) is 0 Å². The summed E-state index contributed by atoms with van der Waals surface area (Å²) in [4.78, 5) is 63.3. The molecule has 0 spiro atoms. The Morgan fingerprint density at radius 3 is 2.03 bits per heavy atom. The van der Waals surface area contributed by atoms with Gasteiger partial charge in [-0.1, -0.05) is 104 Å². The van der Waals surface area contributed by atoms with E-state index < -0.39 is 5.92 Å². The molecule has 0 bridgehead atoms. The number of rotatable bonds is 23. The number of unbranched alkanes of at least 4 members (excludes halogenated alkanes) is 1. The summed E-state index contributed by atoms with van der Waals surface area (Å²) >= 11 is 0. The van der Waals surface area contributed by atoms with Crippen LogP contribution < -0.4 is 20.9 Å². The summed E-state index contributed by atoms with van der Waals surface area (Å²) in [5.74, 6) is -1.26. The topological polar surface area (TPSA) is 126 Å². The van der Waals surface area contributed by atoms with Crippen LogP contribution in [-0.2, 0) is 14.4 Å². The molecule has 11 heteroatoms. The molecule has 11 nitrogen and oxygen atoms in total. The number of carbonyl (C=O) groups excluding carboxylic acids is 4. The van der Waals surface area contributed by atoms with Crippen molar-refractivity contribution in [2.45, 2.75) is 64.2 Å². The van der Waals surface area contributed by atoms with Gasteiger partial charge in [0.05, 0.1) is 17.9 Å². The van der Waals surface area contributed by atoms with Crippen molar-refractivity contribution in [2.75, 3.05) is 70.1 Å². The summed E-state index contributed by atoms with van der Waals surface area (Å²) in [6.07, 6.45) is 28.6. The Kier molecular flexibility index (Phi) is 20.0. The zero-order valence-corrected chi connectivity index (χ0v) is 37.3. The van der Waals surface area contributed by atoms with E-state index in [2.05, 4.69) is 100 Å². The number of amides is 4. The standard InChI is InChI=1S/C52H65N7O4/c1-4-5-6-7-8-9-10-11-12-13-14-15-16-17-18-19-23-26-47(60)53-33-34-54-51(62)42-27-32-45-46(39-42)56-52(63)49(45)50(41-24-21-20-22-25-41)55-43-28-30-44(31-29-43)58(3)48(61)40-59-37-35-57(2)36-38-59/h5-6,8-9,11-12,14-15,17-18,20-22,24-25,27-32,39,49H,4,7,10,13,16,19,23,26,33-38,40H2,1-3H3,(H,53,60)(H,54,62)(H,56,63). The van der Waals surface area contributed by atoms with Gasteiger partial charge < -0.3 is 25.8 Å². The number of hydrogen-bond donors (Lipinski definition) is 3. The molecule has 3 N–H and O–H groups in total. The van der Waals surface area contributed by atoms with Crippen molar-refractivity contribution in [2.24, 2.45) is 4.99 Å². The number of allylic oxidation sites excluding steroid dienone is 10. The van der Waals surface area contributed by atoms with E-state index in [1.807, 2.05) is 54.6 Å². The van der Waals surface area contributed by atoms with Gasteiger partial charge in [0.15, 0.2) is 0 Å². The minimum Gasteiger partial charge on any atom is -0.354 e. The molecule has 0 saturated carbocycles. The highest BCUT2D eigenvalue weighted by Gasteiger charge is 2.36. The summed E-state index contributed by atoms with van der Waals surface area (Å²) in [5.41, 5.74) is 4.46. The van der Waals surface area contributed by atoms with Crippen LogP contribution in [0.2, 0.25) is 0 Å². The van der Waals surface area contributed by atoms with Gasteiger partial charge in [0.2, 0.25) is 17.7 Å². The average molecular weight is 852 g/mol. The van der Waals surface area contributed by atoms with Gasteiger partial charge in [0, 0.05) is 69.7 Å². The zero-order chi connectivity index (χ0) is 44.7. The van der Waals surface area contributed by atoms with Crippen LogP contribution in [0.4, 0.5) is 17.1 Å². The number of anilines is 2. The Labute approximate surface area is 374 Å². The van der Waals surface area contributed by atoms with Gasteiger partial charge in [-0.3, -0.25) is 29.1 Å². The molecule has 2 aliphatic rings. The van der Waals surface area contributed by atoms with Crippen LogP contribution in [0, 0.1) is 0 Å².